The molecule has 0 aliphatic carbocycles. The van der Waals surface area contributed by atoms with E-state index in [4.69, 9.17) is 10.2 Å². The third kappa shape index (κ3) is 7.02. The van der Waals surface area contributed by atoms with Crippen LogP contribution in [-0.2, 0) is 0 Å². The summed E-state index contributed by atoms with van der Waals surface area (Å²) in [4.78, 5) is 0. The maximum absolute atomic E-state index is 4.74. The lowest BCUT2D eigenvalue weighted by molar-refractivity contribution is 0.380. The summed E-state index contributed by atoms with van der Waals surface area (Å²) in [5, 5.41) is 9.49. The van der Waals surface area contributed by atoms with Crippen LogP contribution in [0.15, 0.2) is 12.1 Å². The van der Waals surface area contributed by atoms with Gasteiger partial charge in [0.1, 0.15) is 0 Å². The van der Waals surface area contributed by atoms with Gasteiger partial charge in [-0.05, 0) is 52.0 Å². The van der Waals surface area contributed by atoms with Gasteiger partial charge >= 0.3 is 0 Å². The second-order valence-corrected chi connectivity index (χ2v) is 8.92. The van der Waals surface area contributed by atoms with E-state index in [-0.39, 0.29) is 6.17 Å². The Kier molecular flexibility index (Phi) is 9.46. The third-order valence-corrected chi connectivity index (χ3v) is 6.17. The first kappa shape index (κ1) is 22.1. The maximum Gasteiger partial charge on any atom is 0.152 e. The Balaban J connectivity index is 1.82. The molecule has 0 aliphatic rings. The van der Waals surface area contributed by atoms with Crippen LogP contribution in [0.2, 0.25) is 0 Å². The first-order valence-corrected chi connectivity index (χ1v) is 11.8. The molecule has 0 radical (unpaired) electrons. The number of aromatic nitrogens is 4. The highest BCUT2D eigenvalue weighted by atomic mass is 32.2. The van der Waals surface area contributed by atoms with Crippen LogP contribution in [0.1, 0.15) is 87.2 Å². The lowest BCUT2D eigenvalue weighted by atomic mass is 10.1. The van der Waals surface area contributed by atoms with E-state index in [1.807, 2.05) is 11.8 Å². The molecule has 0 bridgehead atoms. The molecule has 0 aromatic carbocycles. The van der Waals surface area contributed by atoms with Crippen LogP contribution < -0.4 is 0 Å². The first-order chi connectivity index (χ1) is 13.0. The van der Waals surface area contributed by atoms with Crippen molar-refractivity contribution >= 4 is 11.8 Å². The van der Waals surface area contributed by atoms with E-state index in [0.717, 1.165) is 17.1 Å². The zero-order valence-corrected chi connectivity index (χ0v) is 18.8. The van der Waals surface area contributed by atoms with Gasteiger partial charge in [-0.1, -0.05) is 51.9 Å². The lowest BCUT2D eigenvalue weighted by Crippen LogP contribution is -2.25. The normalized spacial score (nSPS) is 11.6. The van der Waals surface area contributed by atoms with Gasteiger partial charge in [0.05, 0.1) is 11.4 Å². The van der Waals surface area contributed by atoms with Gasteiger partial charge in [-0.2, -0.15) is 22.0 Å². The molecular weight excluding hydrogens is 352 g/mol. The molecule has 0 amide bonds. The van der Waals surface area contributed by atoms with Crippen molar-refractivity contribution in [1.29, 1.82) is 0 Å². The molecule has 27 heavy (non-hydrogen) atoms. The fourth-order valence-electron chi connectivity index (χ4n) is 3.67. The van der Waals surface area contributed by atoms with E-state index in [9.17, 15) is 0 Å². The van der Waals surface area contributed by atoms with Crippen LogP contribution in [0.25, 0.3) is 0 Å². The van der Waals surface area contributed by atoms with Crippen molar-refractivity contribution in [1.82, 2.24) is 19.6 Å². The Bertz CT molecular complexity index is 628. The predicted molar refractivity (Wildman–Crippen MR) is 118 cm³/mol. The molecule has 2 rings (SSSR count). The van der Waals surface area contributed by atoms with Gasteiger partial charge in [0.25, 0.3) is 0 Å². The van der Waals surface area contributed by atoms with Gasteiger partial charge in [-0.25, -0.2) is 9.36 Å². The van der Waals surface area contributed by atoms with Crippen LogP contribution in [0.4, 0.5) is 0 Å². The van der Waals surface area contributed by atoms with Crippen molar-refractivity contribution in [2.24, 2.45) is 0 Å². The summed E-state index contributed by atoms with van der Waals surface area (Å²) in [6.07, 6.45) is 11.2. The minimum Gasteiger partial charge on any atom is -0.244 e. The molecule has 0 atom stereocenters. The predicted octanol–water partition coefficient (Wildman–Crippen LogP) is 6.23. The standard InChI is InChI=1S/C22H38N4S/c1-6-7-8-9-10-11-12-13-14-27-17-22(25-20(4)15-18(2)23-25)26-21(5)16-19(3)24-26/h15-16,22H,6-14,17H2,1-5H3. The largest absolute Gasteiger partial charge is 0.244 e. The molecule has 0 spiro atoms. The van der Waals surface area contributed by atoms with Gasteiger partial charge < -0.3 is 0 Å². The SMILES string of the molecule is CCCCCCCCCCSCC(n1nc(C)cc1C)n1nc(C)cc1C. The fourth-order valence-corrected chi connectivity index (χ4v) is 4.74. The number of aryl methyl sites for hydroxylation is 4. The van der Waals surface area contributed by atoms with Gasteiger partial charge in [0, 0.05) is 17.1 Å². The van der Waals surface area contributed by atoms with Gasteiger partial charge in [-0.3, -0.25) is 0 Å². The Labute approximate surface area is 170 Å². The summed E-state index contributed by atoms with van der Waals surface area (Å²) in [7, 11) is 0. The van der Waals surface area contributed by atoms with Crippen LogP contribution in [-0.4, -0.2) is 31.1 Å². The van der Waals surface area contributed by atoms with Crippen molar-refractivity contribution in [2.75, 3.05) is 11.5 Å². The van der Waals surface area contributed by atoms with Crippen molar-refractivity contribution in [2.45, 2.75) is 92.2 Å². The lowest BCUT2D eigenvalue weighted by Gasteiger charge is -2.21. The zero-order valence-electron chi connectivity index (χ0n) is 18.0. The Morgan fingerprint density at radius 3 is 1.70 bits per heavy atom. The van der Waals surface area contributed by atoms with E-state index in [0.29, 0.717) is 0 Å². The summed E-state index contributed by atoms with van der Waals surface area (Å²) in [5.41, 5.74) is 4.56. The third-order valence-electron chi connectivity index (χ3n) is 5.06. The quantitative estimate of drug-likeness (QED) is 0.380. The van der Waals surface area contributed by atoms with E-state index < -0.39 is 0 Å². The molecule has 0 N–H and O–H groups in total. The molecule has 5 heteroatoms. The number of hydrogen-bond acceptors (Lipinski definition) is 3. The molecule has 0 fully saturated rings. The fraction of sp³-hybridized carbons (Fsp3) is 0.727. The Morgan fingerprint density at radius 2 is 1.26 bits per heavy atom. The molecule has 152 valence electrons. The molecule has 0 unspecified atom stereocenters. The summed E-state index contributed by atoms with van der Waals surface area (Å²) in [6, 6.07) is 4.31. The van der Waals surface area contributed by atoms with Crippen LogP contribution in [0.3, 0.4) is 0 Å². The van der Waals surface area contributed by atoms with Gasteiger partial charge in [0.15, 0.2) is 6.17 Å². The molecule has 0 saturated carbocycles. The van der Waals surface area contributed by atoms with Crippen molar-refractivity contribution in [3.8, 4) is 0 Å². The molecular formula is C22H38N4S. The molecule has 2 aromatic rings. The molecule has 2 heterocycles. The average Bonchev–Trinajstić information content (AvgIpc) is 3.13. The van der Waals surface area contributed by atoms with Gasteiger partial charge in [-0.15, -0.1) is 0 Å². The molecule has 0 saturated heterocycles. The summed E-state index contributed by atoms with van der Waals surface area (Å²) in [6.45, 7) is 10.7. The van der Waals surface area contributed by atoms with E-state index >= 15 is 0 Å². The minimum atomic E-state index is 0.159. The average molecular weight is 391 g/mol. The van der Waals surface area contributed by atoms with Crippen molar-refractivity contribution in [3.63, 3.8) is 0 Å². The first-order valence-electron chi connectivity index (χ1n) is 10.7. The summed E-state index contributed by atoms with van der Waals surface area (Å²) >= 11 is 2.04. The van der Waals surface area contributed by atoms with Crippen molar-refractivity contribution in [3.05, 3.63) is 34.9 Å². The number of nitrogens with zero attached hydrogens (tertiary/aromatic N) is 4. The second kappa shape index (κ2) is 11.6. The molecule has 4 nitrogen and oxygen atoms in total. The van der Waals surface area contributed by atoms with Crippen LogP contribution in [0.5, 0.6) is 0 Å². The number of thioether (sulfide) groups is 1. The van der Waals surface area contributed by atoms with E-state index in [1.54, 1.807) is 0 Å². The smallest absolute Gasteiger partial charge is 0.152 e. The summed E-state index contributed by atoms with van der Waals surface area (Å²) in [5.74, 6) is 2.24. The highest BCUT2D eigenvalue weighted by molar-refractivity contribution is 7.99. The number of rotatable bonds is 13. The highest BCUT2D eigenvalue weighted by Crippen LogP contribution is 2.22. The van der Waals surface area contributed by atoms with Crippen LogP contribution in [0, 0.1) is 27.7 Å². The van der Waals surface area contributed by atoms with Crippen LogP contribution >= 0.6 is 11.8 Å². The zero-order chi connectivity index (χ0) is 19.6. The minimum absolute atomic E-state index is 0.159. The summed E-state index contributed by atoms with van der Waals surface area (Å²) < 4.78 is 4.30. The number of hydrogen-bond donors (Lipinski definition) is 0. The monoisotopic (exact) mass is 390 g/mol. The Morgan fingerprint density at radius 1 is 0.778 bits per heavy atom. The second-order valence-electron chi connectivity index (χ2n) is 7.77. The highest BCUT2D eigenvalue weighted by Gasteiger charge is 2.19. The van der Waals surface area contributed by atoms with E-state index in [2.05, 4.69) is 56.1 Å². The molecule has 2 aromatic heterocycles. The number of unbranched alkanes of at least 4 members (excludes halogenated alkanes) is 7. The van der Waals surface area contributed by atoms with Crippen molar-refractivity contribution < 1.29 is 0 Å². The molecule has 0 aliphatic heterocycles. The topological polar surface area (TPSA) is 35.6 Å². The Hall–Kier alpha value is -1.23. The van der Waals surface area contributed by atoms with Gasteiger partial charge in [0.2, 0.25) is 0 Å². The maximum atomic E-state index is 4.74. The van der Waals surface area contributed by atoms with E-state index in [1.165, 1.54) is 68.5 Å².